The van der Waals surface area contributed by atoms with Crippen LogP contribution in [-0.2, 0) is 9.59 Å². The number of piperidine rings is 1. The Bertz CT molecular complexity index is 1010. The van der Waals surface area contributed by atoms with Crippen molar-refractivity contribution in [1.82, 2.24) is 16.0 Å². The van der Waals surface area contributed by atoms with E-state index < -0.39 is 5.82 Å². The molecule has 0 aromatic heterocycles. The number of carbonyl (C=O) groups is 2. The topological polar surface area (TPSA) is 79.5 Å². The normalized spacial score (nSPS) is 35.5. The first kappa shape index (κ1) is 26.7. The molecule has 6 rings (SSSR count). The molecule has 1 aliphatic heterocycles. The van der Waals surface area contributed by atoms with E-state index in [1.807, 2.05) is 0 Å². The molecule has 1 aromatic rings. The van der Waals surface area contributed by atoms with E-state index in [1.54, 1.807) is 0 Å². The van der Waals surface area contributed by atoms with Gasteiger partial charge in [-0.2, -0.15) is 0 Å². The molecule has 1 saturated heterocycles. The average Bonchev–Trinajstić information content (AvgIpc) is 3.40. The van der Waals surface area contributed by atoms with Gasteiger partial charge in [-0.1, -0.05) is 30.9 Å². The lowest BCUT2D eigenvalue weighted by Gasteiger charge is -2.49. The molecule has 4 saturated carbocycles. The maximum Gasteiger partial charge on any atom is 0.258 e. The Morgan fingerprint density at radius 1 is 1.16 bits per heavy atom. The molecule has 204 valence electrons. The zero-order valence-electron chi connectivity index (χ0n) is 22.1. The van der Waals surface area contributed by atoms with Gasteiger partial charge in [-0.15, -0.1) is 0 Å². The van der Waals surface area contributed by atoms with Gasteiger partial charge in [-0.05, 0) is 88.7 Å². The Morgan fingerprint density at radius 2 is 1.92 bits per heavy atom. The van der Waals surface area contributed by atoms with Crippen LogP contribution in [0.3, 0.4) is 0 Å². The van der Waals surface area contributed by atoms with Crippen molar-refractivity contribution < 1.29 is 18.7 Å². The number of amides is 2. The van der Waals surface area contributed by atoms with E-state index in [2.05, 4.69) is 29.8 Å². The number of fused-ring (bicyclic) bond motifs is 1. The molecule has 3 N–H and O–H groups in total. The van der Waals surface area contributed by atoms with E-state index in [4.69, 9.17) is 16.3 Å². The maximum atomic E-state index is 13.6. The maximum absolute atomic E-state index is 13.6. The van der Waals surface area contributed by atoms with Crippen LogP contribution in [0.1, 0.15) is 78.1 Å². The third-order valence-electron chi connectivity index (χ3n) is 9.90. The highest BCUT2D eigenvalue weighted by Crippen LogP contribution is 2.59. The number of carbonyl (C=O) groups excluding carboxylic acids is 2. The van der Waals surface area contributed by atoms with Crippen molar-refractivity contribution in [2.24, 2.45) is 23.2 Å². The largest absolute Gasteiger partial charge is 0.484 e. The molecule has 0 spiro atoms. The van der Waals surface area contributed by atoms with Crippen LogP contribution in [0.4, 0.5) is 4.39 Å². The number of rotatable bonds is 8. The van der Waals surface area contributed by atoms with Gasteiger partial charge in [-0.3, -0.25) is 9.59 Å². The number of benzene rings is 1. The van der Waals surface area contributed by atoms with Crippen LogP contribution in [0.5, 0.6) is 5.75 Å². The number of hydrogen-bond donors (Lipinski definition) is 3. The first-order chi connectivity index (χ1) is 17.7. The first-order valence-corrected chi connectivity index (χ1v) is 14.5. The van der Waals surface area contributed by atoms with Gasteiger partial charge < -0.3 is 20.7 Å². The molecule has 6 nitrogen and oxygen atoms in total. The van der Waals surface area contributed by atoms with Crippen LogP contribution in [0.2, 0.25) is 5.02 Å². The van der Waals surface area contributed by atoms with Gasteiger partial charge in [0.05, 0.1) is 10.4 Å². The summed E-state index contributed by atoms with van der Waals surface area (Å²) in [5, 5.41) is 10.3. The van der Waals surface area contributed by atoms with E-state index >= 15 is 0 Å². The van der Waals surface area contributed by atoms with Gasteiger partial charge in [0.2, 0.25) is 5.91 Å². The molecule has 4 aliphatic carbocycles. The average molecular weight is 534 g/mol. The molecule has 2 bridgehead atoms. The molecule has 1 aromatic carbocycles. The smallest absolute Gasteiger partial charge is 0.258 e. The van der Waals surface area contributed by atoms with Gasteiger partial charge in [0.15, 0.2) is 6.61 Å². The first-order valence-electron chi connectivity index (χ1n) is 14.1. The van der Waals surface area contributed by atoms with Crippen molar-refractivity contribution >= 4 is 23.4 Å². The molecule has 8 heteroatoms. The second-order valence-electron chi connectivity index (χ2n) is 12.4. The molecular formula is C29H41ClFN3O3. The van der Waals surface area contributed by atoms with E-state index in [0.29, 0.717) is 30.8 Å². The minimum absolute atomic E-state index is 0.0123. The lowest BCUT2D eigenvalue weighted by molar-refractivity contribution is -0.135. The van der Waals surface area contributed by atoms with Crippen molar-refractivity contribution in [2.75, 3.05) is 13.2 Å². The molecule has 2 amide bonds. The Hall–Kier alpha value is -1.86. The fourth-order valence-corrected chi connectivity index (χ4v) is 7.71. The van der Waals surface area contributed by atoms with Crippen molar-refractivity contribution in [1.29, 1.82) is 0 Å². The highest BCUT2D eigenvalue weighted by Gasteiger charge is 2.60. The predicted octanol–water partition coefficient (Wildman–Crippen LogP) is 4.99. The Labute approximate surface area is 224 Å². The lowest BCUT2D eigenvalue weighted by atomic mass is 9.68. The number of ether oxygens (including phenoxy) is 1. The highest BCUT2D eigenvalue weighted by atomic mass is 35.5. The monoisotopic (exact) mass is 533 g/mol. The Balaban J connectivity index is 1.05. The molecule has 1 heterocycles. The lowest BCUT2D eigenvalue weighted by Crippen LogP contribution is -2.60. The van der Waals surface area contributed by atoms with E-state index in [0.717, 1.165) is 25.2 Å². The molecule has 5 fully saturated rings. The highest BCUT2D eigenvalue weighted by molar-refractivity contribution is 6.30. The third-order valence-corrected chi connectivity index (χ3v) is 10.2. The summed E-state index contributed by atoms with van der Waals surface area (Å²) in [7, 11) is 0. The molecule has 4 atom stereocenters. The van der Waals surface area contributed by atoms with Gasteiger partial charge in [0.1, 0.15) is 11.6 Å². The summed E-state index contributed by atoms with van der Waals surface area (Å²) in [4.78, 5) is 25.6. The standard InChI is InChI=1S/C29H41ClFN3O3/c1-18-19(10-11-28(2,34-18)21-6-4-3-5-7-21)16-32-27(36)29-13-20(14-29)25(15-29)33-26(35)17-37-22-8-9-23(30)24(31)12-22/h8-9,12,18-21,25,34H,3-7,10-11,13-17H2,1-2H3,(H,32,36)(H,33,35)/t18?,19?,20?,25-,28?,29?/m0/s1. The fourth-order valence-electron chi connectivity index (χ4n) is 7.59. The van der Waals surface area contributed by atoms with Crippen LogP contribution in [0.25, 0.3) is 0 Å². The van der Waals surface area contributed by atoms with Gasteiger partial charge in [-0.25, -0.2) is 4.39 Å². The number of halogens is 2. The summed E-state index contributed by atoms with van der Waals surface area (Å²) in [6, 6.07) is 4.47. The zero-order chi connectivity index (χ0) is 26.2. The molecule has 0 radical (unpaired) electrons. The molecule has 3 unspecified atom stereocenters. The van der Waals surface area contributed by atoms with Crippen LogP contribution in [-0.4, -0.2) is 42.6 Å². The van der Waals surface area contributed by atoms with Gasteiger partial charge >= 0.3 is 0 Å². The van der Waals surface area contributed by atoms with E-state index in [-0.39, 0.29) is 46.2 Å². The van der Waals surface area contributed by atoms with Crippen molar-refractivity contribution in [3.05, 3.63) is 29.0 Å². The van der Waals surface area contributed by atoms with Crippen molar-refractivity contribution in [2.45, 2.75) is 95.7 Å². The van der Waals surface area contributed by atoms with Crippen LogP contribution >= 0.6 is 11.6 Å². The number of hydrogen-bond acceptors (Lipinski definition) is 4. The summed E-state index contributed by atoms with van der Waals surface area (Å²) in [5.41, 5.74) is -0.132. The van der Waals surface area contributed by atoms with E-state index in [9.17, 15) is 14.0 Å². The van der Waals surface area contributed by atoms with Gasteiger partial charge in [0, 0.05) is 30.2 Å². The van der Waals surface area contributed by atoms with Crippen LogP contribution in [0.15, 0.2) is 18.2 Å². The minimum atomic E-state index is -0.583. The Kier molecular flexibility index (Phi) is 7.75. The molecule has 5 aliphatic rings. The summed E-state index contributed by atoms with van der Waals surface area (Å²) in [6.07, 6.45) is 11.4. The van der Waals surface area contributed by atoms with Gasteiger partial charge in [0.25, 0.3) is 5.91 Å². The number of nitrogens with one attached hydrogen (secondary N) is 3. The Morgan fingerprint density at radius 3 is 2.62 bits per heavy atom. The second kappa shape index (κ2) is 10.7. The summed E-state index contributed by atoms with van der Waals surface area (Å²) < 4.78 is 19.0. The minimum Gasteiger partial charge on any atom is -0.484 e. The van der Waals surface area contributed by atoms with Crippen LogP contribution in [0, 0.1) is 29.0 Å². The zero-order valence-corrected chi connectivity index (χ0v) is 22.8. The molecular weight excluding hydrogens is 493 g/mol. The third kappa shape index (κ3) is 5.63. The summed E-state index contributed by atoms with van der Waals surface area (Å²) in [6.45, 7) is 5.20. The fraction of sp³-hybridized carbons (Fsp3) is 0.724. The predicted molar refractivity (Wildman–Crippen MR) is 142 cm³/mol. The van der Waals surface area contributed by atoms with Crippen molar-refractivity contribution in [3.8, 4) is 5.75 Å². The summed E-state index contributed by atoms with van der Waals surface area (Å²) in [5.74, 6) is 1.10. The summed E-state index contributed by atoms with van der Waals surface area (Å²) >= 11 is 5.68. The van der Waals surface area contributed by atoms with E-state index in [1.165, 1.54) is 56.7 Å². The second-order valence-corrected chi connectivity index (χ2v) is 12.8. The van der Waals surface area contributed by atoms with Crippen LogP contribution < -0.4 is 20.7 Å². The molecule has 37 heavy (non-hydrogen) atoms. The van der Waals surface area contributed by atoms with Crippen molar-refractivity contribution in [3.63, 3.8) is 0 Å². The SMILES string of the molecule is CC1NC(C)(C2CCCCC2)CCC1CNC(=O)C12CC(C1)[C@@H](NC(=O)COc1ccc(Cl)c(F)c1)C2. The quantitative estimate of drug-likeness (QED) is 0.440.